The Labute approximate surface area is 123 Å². The molecular weight excluding hydrogens is 266 g/mol. The van der Waals surface area contributed by atoms with Gasteiger partial charge in [0.25, 0.3) is 5.91 Å². The molecule has 110 valence electrons. The number of aromatic nitrogens is 1. The lowest BCUT2D eigenvalue weighted by Gasteiger charge is -2.24. The highest BCUT2D eigenvalue weighted by molar-refractivity contribution is 6.04. The number of ether oxygens (including phenoxy) is 1. The van der Waals surface area contributed by atoms with Crippen LogP contribution in [0.3, 0.4) is 0 Å². The zero-order chi connectivity index (χ0) is 14.5. The van der Waals surface area contributed by atoms with Crippen molar-refractivity contribution >= 4 is 11.6 Å². The molecule has 2 heterocycles. The number of anilines is 1. The number of piperidine rings is 1. The Morgan fingerprint density at radius 1 is 1.24 bits per heavy atom. The van der Waals surface area contributed by atoms with Gasteiger partial charge in [-0.25, -0.2) is 0 Å². The van der Waals surface area contributed by atoms with Crippen LogP contribution in [0.1, 0.15) is 23.2 Å². The van der Waals surface area contributed by atoms with Gasteiger partial charge >= 0.3 is 0 Å². The maximum atomic E-state index is 12.0. The summed E-state index contributed by atoms with van der Waals surface area (Å²) in [5.74, 6) is 0.670. The molecule has 5 heteroatoms. The van der Waals surface area contributed by atoms with Gasteiger partial charge in [0.05, 0.1) is 5.56 Å². The fourth-order valence-electron chi connectivity index (χ4n) is 2.42. The molecular formula is C16H19N3O2. The second-order valence-electron chi connectivity index (χ2n) is 5.15. The fourth-order valence-corrected chi connectivity index (χ4v) is 2.42. The van der Waals surface area contributed by atoms with Gasteiger partial charge in [0.1, 0.15) is 11.9 Å². The first-order valence-corrected chi connectivity index (χ1v) is 7.23. The quantitative estimate of drug-likeness (QED) is 0.808. The van der Waals surface area contributed by atoms with E-state index in [4.69, 9.17) is 4.74 Å². The molecule has 0 aliphatic carbocycles. The van der Waals surface area contributed by atoms with Crippen LogP contribution in [0.4, 0.5) is 5.69 Å². The van der Waals surface area contributed by atoms with Gasteiger partial charge in [-0.1, -0.05) is 6.07 Å². The summed E-state index contributed by atoms with van der Waals surface area (Å²) in [5, 5.41) is 6.18. The Hall–Kier alpha value is -2.27. The molecule has 0 bridgehead atoms. The maximum absolute atomic E-state index is 12.0. The molecule has 1 amide bonds. The molecule has 1 aromatic carbocycles. The Morgan fingerprint density at radius 2 is 2.10 bits per heavy atom. The Bertz CT molecular complexity index is 589. The van der Waals surface area contributed by atoms with E-state index in [1.54, 1.807) is 18.5 Å². The summed E-state index contributed by atoms with van der Waals surface area (Å²) in [4.78, 5) is 14.9. The SMILES string of the molecule is O=C(Nc1cccc(OC2CCNCC2)c1)c1cc[nH]c1. The normalized spacial score (nSPS) is 15.6. The molecule has 0 radical (unpaired) electrons. The number of carbonyl (C=O) groups excluding carboxylic acids is 1. The second kappa shape index (κ2) is 6.45. The minimum atomic E-state index is -0.129. The molecule has 1 fully saturated rings. The van der Waals surface area contributed by atoms with E-state index in [1.807, 2.05) is 24.3 Å². The first-order chi connectivity index (χ1) is 10.3. The Kier molecular flexibility index (Phi) is 4.21. The van der Waals surface area contributed by atoms with Crippen LogP contribution >= 0.6 is 0 Å². The van der Waals surface area contributed by atoms with E-state index >= 15 is 0 Å². The first-order valence-electron chi connectivity index (χ1n) is 7.23. The van der Waals surface area contributed by atoms with E-state index in [0.717, 1.165) is 37.4 Å². The molecule has 1 aromatic heterocycles. The zero-order valence-corrected chi connectivity index (χ0v) is 11.8. The van der Waals surface area contributed by atoms with Crippen LogP contribution in [0, 0.1) is 0 Å². The van der Waals surface area contributed by atoms with Crippen LogP contribution in [-0.2, 0) is 0 Å². The van der Waals surface area contributed by atoms with Crippen molar-refractivity contribution < 1.29 is 9.53 Å². The molecule has 5 nitrogen and oxygen atoms in total. The molecule has 1 aliphatic rings. The van der Waals surface area contributed by atoms with Crippen molar-refractivity contribution in [3.63, 3.8) is 0 Å². The average molecular weight is 285 g/mol. The molecule has 21 heavy (non-hydrogen) atoms. The molecule has 3 rings (SSSR count). The summed E-state index contributed by atoms with van der Waals surface area (Å²) in [5.41, 5.74) is 1.35. The molecule has 0 saturated carbocycles. The number of hydrogen-bond donors (Lipinski definition) is 3. The third-order valence-corrected chi connectivity index (χ3v) is 3.54. The van der Waals surface area contributed by atoms with Gasteiger partial charge in [-0.2, -0.15) is 0 Å². The van der Waals surface area contributed by atoms with Crippen LogP contribution in [0.25, 0.3) is 0 Å². The Balaban J connectivity index is 1.64. The van der Waals surface area contributed by atoms with E-state index in [9.17, 15) is 4.79 Å². The van der Waals surface area contributed by atoms with Crippen molar-refractivity contribution in [2.24, 2.45) is 0 Å². The number of H-pyrrole nitrogens is 1. The van der Waals surface area contributed by atoms with Gasteiger partial charge < -0.3 is 20.4 Å². The van der Waals surface area contributed by atoms with Gasteiger partial charge in [-0.3, -0.25) is 4.79 Å². The van der Waals surface area contributed by atoms with Gasteiger partial charge in [-0.05, 0) is 44.1 Å². The van der Waals surface area contributed by atoms with E-state index in [2.05, 4.69) is 15.6 Å². The van der Waals surface area contributed by atoms with Crippen molar-refractivity contribution in [2.75, 3.05) is 18.4 Å². The lowest BCUT2D eigenvalue weighted by atomic mass is 10.1. The molecule has 3 N–H and O–H groups in total. The van der Waals surface area contributed by atoms with E-state index in [0.29, 0.717) is 5.56 Å². The summed E-state index contributed by atoms with van der Waals surface area (Å²) in [7, 11) is 0. The number of benzene rings is 1. The van der Waals surface area contributed by atoms with Crippen LogP contribution in [0.5, 0.6) is 5.75 Å². The predicted molar refractivity (Wildman–Crippen MR) is 81.7 cm³/mol. The van der Waals surface area contributed by atoms with E-state index in [-0.39, 0.29) is 12.0 Å². The standard InChI is InChI=1S/C16H19N3O2/c20-16(12-4-7-18-11-12)19-13-2-1-3-15(10-13)21-14-5-8-17-9-6-14/h1-4,7,10-11,14,17-18H,5-6,8-9H2,(H,19,20). The Morgan fingerprint density at radius 3 is 2.86 bits per heavy atom. The highest BCUT2D eigenvalue weighted by atomic mass is 16.5. The molecule has 0 spiro atoms. The smallest absolute Gasteiger partial charge is 0.257 e. The summed E-state index contributed by atoms with van der Waals surface area (Å²) in [6, 6.07) is 9.29. The number of rotatable bonds is 4. The third-order valence-electron chi connectivity index (χ3n) is 3.54. The van der Waals surface area contributed by atoms with Gasteiger partial charge in [-0.15, -0.1) is 0 Å². The molecule has 0 atom stereocenters. The van der Waals surface area contributed by atoms with E-state index in [1.165, 1.54) is 0 Å². The topological polar surface area (TPSA) is 66.2 Å². The molecule has 1 aliphatic heterocycles. The zero-order valence-electron chi connectivity index (χ0n) is 11.8. The number of hydrogen-bond acceptors (Lipinski definition) is 3. The highest BCUT2D eigenvalue weighted by Gasteiger charge is 2.14. The first kappa shape index (κ1) is 13.7. The molecule has 1 saturated heterocycles. The summed E-state index contributed by atoms with van der Waals surface area (Å²) in [6.07, 6.45) is 5.68. The summed E-state index contributed by atoms with van der Waals surface area (Å²) in [6.45, 7) is 1.99. The minimum absolute atomic E-state index is 0.129. The number of aromatic amines is 1. The predicted octanol–water partition coefficient (Wildman–Crippen LogP) is 2.40. The number of nitrogens with one attached hydrogen (secondary N) is 3. The summed E-state index contributed by atoms with van der Waals surface area (Å²) < 4.78 is 5.97. The van der Waals surface area contributed by atoms with Crippen LogP contribution < -0.4 is 15.4 Å². The van der Waals surface area contributed by atoms with Crippen molar-refractivity contribution in [3.8, 4) is 5.75 Å². The van der Waals surface area contributed by atoms with Gasteiger partial charge in [0.2, 0.25) is 0 Å². The van der Waals surface area contributed by atoms with Gasteiger partial charge in [0.15, 0.2) is 0 Å². The second-order valence-corrected chi connectivity index (χ2v) is 5.15. The van der Waals surface area contributed by atoms with Crippen molar-refractivity contribution in [3.05, 3.63) is 48.3 Å². The van der Waals surface area contributed by atoms with Gasteiger partial charge in [0, 0.05) is 24.1 Å². The monoisotopic (exact) mass is 285 g/mol. The number of amides is 1. The maximum Gasteiger partial charge on any atom is 0.257 e. The largest absolute Gasteiger partial charge is 0.490 e. The van der Waals surface area contributed by atoms with Crippen molar-refractivity contribution in [1.29, 1.82) is 0 Å². The highest BCUT2D eigenvalue weighted by Crippen LogP contribution is 2.21. The molecule has 2 aromatic rings. The van der Waals surface area contributed by atoms with Crippen LogP contribution in [0.2, 0.25) is 0 Å². The average Bonchev–Trinajstić information content (AvgIpc) is 3.03. The van der Waals surface area contributed by atoms with Crippen molar-refractivity contribution in [1.82, 2.24) is 10.3 Å². The number of carbonyl (C=O) groups is 1. The van der Waals surface area contributed by atoms with Crippen LogP contribution in [-0.4, -0.2) is 30.1 Å². The van der Waals surface area contributed by atoms with Crippen LogP contribution in [0.15, 0.2) is 42.7 Å². The minimum Gasteiger partial charge on any atom is -0.490 e. The van der Waals surface area contributed by atoms with Crippen molar-refractivity contribution in [2.45, 2.75) is 18.9 Å². The third kappa shape index (κ3) is 3.64. The fraction of sp³-hybridized carbons (Fsp3) is 0.312. The van der Waals surface area contributed by atoms with E-state index < -0.39 is 0 Å². The molecule has 0 unspecified atom stereocenters. The lowest BCUT2D eigenvalue weighted by molar-refractivity contribution is 0.102. The summed E-state index contributed by atoms with van der Waals surface area (Å²) >= 11 is 0. The lowest BCUT2D eigenvalue weighted by Crippen LogP contribution is -2.34.